The zero-order chi connectivity index (χ0) is 22.9. The van der Waals surface area contributed by atoms with Crippen molar-refractivity contribution in [3.8, 4) is 0 Å². The van der Waals surface area contributed by atoms with Gasteiger partial charge in [0.15, 0.2) is 17.0 Å². The van der Waals surface area contributed by atoms with Crippen LogP contribution in [0.4, 0.5) is 5.82 Å². The third-order valence-electron chi connectivity index (χ3n) is 7.90. The van der Waals surface area contributed by atoms with Crippen molar-refractivity contribution in [1.29, 1.82) is 0 Å². The SMILES string of the molecule is O=C(C1CCCN(c2ncnc3c2nc2n3CCCCC2)C1)N(Cc1ccco1)C1CCCC1. The summed E-state index contributed by atoms with van der Waals surface area (Å²) >= 11 is 0. The molecule has 3 aromatic heterocycles. The van der Waals surface area contributed by atoms with Crippen LogP contribution in [0.25, 0.3) is 11.2 Å². The first kappa shape index (κ1) is 21.6. The van der Waals surface area contributed by atoms with Crippen molar-refractivity contribution in [2.75, 3.05) is 18.0 Å². The van der Waals surface area contributed by atoms with Gasteiger partial charge in [-0.15, -0.1) is 0 Å². The first-order chi connectivity index (χ1) is 16.8. The van der Waals surface area contributed by atoms with Gasteiger partial charge in [-0.3, -0.25) is 4.79 Å². The van der Waals surface area contributed by atoms with E-state index < -0.39 is 0 Å². The molecule has 34 heavy (non-hydrogen) atoms. The smallest absolute Gasteiger partial charge is 0.228 e. The Labute approximate surface area is 200 Å². The second-order valence-corrected chi connectivity index (χ2v) is 10.1. The number of nitrogens with zero attached hydrogens (tertiary/aromatic N) is 6. The molecule has 3 aliphatic rings. The minimum absolute atomic E-state index is 0.0326. The third kappa shape index (κ3) is 4.07. The largest absolute Gasteiger partial charge is 0.467 e. The van der Waals surface area contributed by atoms with E-state index in [0.29, 0.717) is 19.1 Å². The van der Waals surface area contributed by atoms with E-state index in [1.54, 1.807) is 12.6 Å². The maximum Gasteiger partial charge on any atom is 0.228 e. The molecule has 6 rings (SSSR count). The lowest BCUT2D eigenvalue weighted by Gasteiger charge is -2.37. The normalized spacial score (nSPS) is 21.5. The van der Waals surface area contributed by atoms with E-state index >= 15 is 0 Å². The second kappa shape index (κ2) is 9.39. The van der Waals surface area contributed by atoms with Gasteiger partial charge in [-0.05, 0) is 50.7 Å². The molecule has 3 aromatic rings. The molecule has 1 atom stereocenters. The number of anilines is 1. The van der Waals surface area contributed by atoms with Crippen LogP contribution in [0.1, 0.15) is 69.4 Å². The lowest BCUT2D eigenvalue weighted by Crippen LogP contribution is -2.47. The average molecular weight is 463 g/mol. The van der Waals surface area contributed by atoms with Gasteiger partial charge in [-0.1, -0.05) is 19.3 Å². The molecule has 0 radical (unpaired) electrons. The van der Waals surface area contributed by atoms with Crippen molar-refractivity contribution in [1.82, 2.24) is 24.4 Å². The summed E-state index contributed by atoms with van der Waals surface area (Å²) in [6.07, 6.45) is 14.5. The van der Waals surface area contributed by atoms with E-state index in [0.717, 1.165) is 73.8 Å². The lowest BCUT2D eigenvalue weighted by molar-refractivity contribution is -0.139. The number of rotatable bonds is 5. The maximum atomic E-state index is 13.9. The lowest BCUT2D eigenvalue weighted by atomic mass is 9.95. The van der Waals surface area contributed by atoms with Crippen LogP contribution < -0.4 is 4.90 Å². The summed E-state index contributed by atoms with van der Waals surface area (Å²) < 4.78 is 7.90. The third-order valence-corrected chi connectivity index (χ3v) is 7.90. The summed E-state index contributed by atoms with van der Waals surface area (Å²) in [5, 5.41) is 0. The van der Waals surface area contributed by atoms with E-state index in [9.17, 15) is 4.79 Å². The Bertz CT molecular complexity index is 1130. The number of carbonyl (C=O) groups is 1. The van der Waals surface area contributed by atoms with Gasteiger partial charge < -0.3 is 18.8 Å². The second-order valence-electron chi connectivity index (χ2n) is 10.1. The molecule has 1 saturated carbocycles. The van der Waals surface area contributed by atoms with Gasteiger partial charge in [0.1, 0.15) is 17.9 Å². The molecule has 2 aliphatic heterocycles. The summed E-state index contributed by atoms with van der Waals surface area (Å²) in [7, 11) is 0. The Morgan fingerprint density at radius 1 is 1.06 bits per heavy atom. The highest BCUT2D eigenvalue weighted by molar-refractivity contribution is 5.85. The molecule has 180 valence electrons. The fourth-order valence-electron chi connectivity index (χ4n) is 6.14. The predicted octanol–water partition coefficient (Wildman–Crippen LogP) is 4.33. The number of imidazole rings is 1. The average Bonchev–Trinajstić information content (AvgIpc) is 3.62. The van der Waals surface area contributed by atoms with E-state index in [1.807, 2.05) is 12.1 Å². The van der Waals surface area contributed by atoms with E-state index in [-0.39, 0.29) is 11.8 Å². The Hall–Kier alpha value is -2.90. The van der Waals surface area contributed by atoms with Gasteiger partial charge in [-0.25, -0.2) is 15.0 Å². The highest BCUT2D eigenvalue weighted by Crippen LogP contribution is 2.32. The molecule has 0 bridgehead atoms. The fraction of sp³-hybridized carbons (Fsp3) is 0.615. The number of carbonyl (C=O) groups excluding carboxylic acids is 1. The van der Waals surface area contributed by atoms with Crippen LogP contribution in [0.2, 0.25) is 0 Å². The summed E-state index contributed by atoms with van der Waals surface area (Å²) in [5.74, 6) is 3.12. The van der Waals surface area contributed by atoms with E-state index in [1.165, 1.54) is 32.1 Å². The Morgan fingerprint density at radius 3 is 2.82 bits per heavy atom. The fourth-order valence-corrected chi connectivity index (χ4v) is 6.14. The first-order valence-electron chi connectivity index (χ1n) is 13.1. The van der Waals surface area contributed by atoms with E-state index in [4.69, 9.17) is 9.40 Å². The van der Waals surface area contributed by atoms with Crippen molar-refractivity contribution in [2.24, 2.45) is 5.92 Å². The molecular weight excluding hydrogens is 428 g/mol. The minimum atomic E-state index is -0.0326. The molecular formula is C26H34N6O2. The van der Waals surface area contributed by atoms with Crippen LogP contribution >= 0.6 is 0 Å². The van der Waals surface area contributed by atoms with Gasteiger partial charge in [0.2, 0.25) is 5.91 Å². The number of aryl methyl sites for hydroxylation is 2. The summed E-state index contributed by atoms with van der Waals surface area (Å²) in [4.78, 5) is 32.5. The van der Waals surface area contributed by atoms with Crippen molar-refractivity contribution in [3.05, 3.63) is 36.3 Å². The van der Waals surface area contributed by atoms with Crippen molar-refractivity contribution in [3.63, 3.8) is 0 Å². The number of fused-ring (bicyclic) bond motifs is 3. The van der Waals surface area contributed by atoms with Crippen molar-refractivity contribution in [2.45, 2.75) is 83.3 Å². The number of piperidine rings is 1. The molecule has 0 N–H and O–H groups in total. The Morgan fingerprint density at radius 2 is 1.97 bits per heavy atom. The Kier molecular flexibility index (Phi) is 5.97. The van der Waals surface area contributed by atoms with Gasteiger partial charge in [0.25, 0.3) is 0 Å². The number of aromatic nitrogens is 4. The van der Waals surface area contributed by atoms with Crippen LogP contribution in [-0.4, -0.2) is 49.5 Å². The summed E-state index contributed by atoms with van der Waals surface area (Å²) in [5.41, 5.74) is 1.84. The van der Waals surface area contributed by atoms with Crippen LogP contribution in [0.5, 0.6) is 0 Å². The predicted molar refractivity (Wildman–Crippen MR) is 129 cm³/mol. The minimum Gasteiger partial charge on any atom is -0.467 e. The quantitative estimate of drug-likeness (QED) is 0.561. The standard InChI is InChI=1S/C26H34N6O2/c33-26(32(20-9-3-4-10-20)17-21-11-7-15-34-21)19-8-6-13-30(16-19)24-23-25(28-18-27-24)31-14-5-1-2-12-22(31)29-23/h7,11,15,18-20H,1-6,8-10,12-14,16-17H2. The molecule has 8 nitrogen and oxygen atoms in total. The topological polar surface area (TPSA) is 80.3 Å². The monoisotopic (exact) mass is 462 g/mol. The Balaban J connectivity index is 1.25. The van der Waals surface area contributed by atoms with Crippen molar-refractivity contribution >= 4 is 22.9 Å². The molecule has 1 amide bonds. The van der Waals surface area contributed by atoms with Crippen LogP contribution in [0.3, 0.4) is 0 Å². The zero-order valence-corrected chi connectivity index (χ0v) is 19.9. The van der Waals surface area contributed by atoms with Crippen LogP contribution in [0, 0.1) is 5.92 Å². The van der Waals surface area contributed by atoms with Gasteiger partial charge >= 0.3 is 0 Å². The highest BCUT2D eigenvalue weighted by atomic mass is 16.3. The maximum absolute atomic E-state index is 13.9. The zero-order valence-electron chi connectivity index (χ0n) is 19.9. The summed E-state index contributed by atoms with van der Waals surface area (Å²) in [6.45, 7) is 3.14. The molecule has 8 heteroatoms. The number of furan rings is 1. The molecule has 2 fully saturated rings. The van der Waals surface area contributed by atoms with Crippen molar-refractivity contribution < 1.29 is 9.21 Å². The van der Waals surface area contributed by atoms with Gasteiger partial charge in [-0.2, -0.15) is 0 Å². The number of hydrogen-bond acceptors (Lipinski definition) is 6. The van der Waals surface area contributed by atoms with E-state index in [2.05, 4.69) is 24.3 Å². The molecule has 1 aliphatic carbocycles. The highest BCUT2D eigenvalue weighted by Gasteiger charge is 2.35. The molecule has 1 saturated heterocycles. The van der Waals surface area contributed by atoms with Crippen LogP contribution in [0.15, 0.2) is 29.1 Å². The molecule has 1 unspecified atom stereocenters. The number of hydrogen-bond donors (Lipinski definition) is 0. The van der Waals surface area contributed by atoms with Gasteiger partial charge in [0, 0.05) is 32.1 Å². The van der Waals surface area contributed by atoms with Crippen LogP contribution in [-0.2, 0) is 24.3 Å². The summed E-state index contributed by atoms with van der Waals surface area (Å²) in [6, 6.07) is 4.20. The van der Waals surface area contributed by atoms with Gasteiger partial charge in [0.05, 0.1) is 18.7 Å². The first-order valence-corrected chi connectivity index (χ1v) is 13.1. The molecule has 0 spiro atoms. The number of amides is 1. The molecule has 5 heterocycles. The molecule has 0 aromatic carbocycles.